The highest BCUT2D eigenvalue weighted by Gasteiger charge is 2.13. The number of rotatable bonds is 3. The molecule has 2 rings (SSSR count). The van der Waals surface area contributed by atoms with Crippen molar-refractivity contribution in [3.63, 3.8) is 0 Å². The summed E-state index contributed by atoms with van der Waals surface area (Å²) in [6.07, 6.45) is 0.593. The zero-order valence-corrected chi connectivity index (χ0v) is 12.0. The average molecular weight is 290 g/mol. The van der Waals surface area contributed by atoms with Crippen molar-refractivity contribution in [3.8, 4) is 6.07 Å². The van der Waals surface area contributed by atoms with Gasteiger partial charge in [-0.2, -0.15) is 5.26 Å². The predicted molar refractivity (Wildman–Crippen MR) is 79.7 cm³/mol. The molecule has 1 unspecified atom stereocenters. The fourth-order valence-electron chi connectivity index (χ4n) is 1.94. The maximum absolute atomic E-state index is 9.34. The van der Waals surface area contributed by atoms with E-state index in [4.69, 9.17) is 23.2 Å². The molecule has 2 aromatic carbocycles. The highest BCUT2D eigenvalue weighted by atomic mass is 35.5. The first-order valence-electron chi connectivity index (χ1n) is 6.00. The number of nitrogens with zero attached hydrogens (tertiary/aromatic N) is 1. The van der Waals surface area contributed by atoms with Gasteiger partial charge in [0.15, 0.2) is 0 Å². The van der Waals surface area contributed by atoms with Crippen LogP contribution in [0.3, 0.4) is 0 Å². The van der Waals surface area contributed by atoms with E-state index >= 15 is 0 Å². The van der Waals surface area contributed by atoms with Crippen LogP contribution in [0.15, 0.2) is 42.5 Å². The highest BCUT2D eigenvalue weighted by Crippen LogP contribution is 2.27. The van der Waals surface area contributed by atoms with Gasteiger partial charge in [-0.25, -0.2) is 0 Å². The van der Waals surface area contributed by atoms with Gasteiger partial charge in [0.05, 0.1) is 12.0 Å². The van der Waals surface area contributed by atoms with Crippen molar-refractivity contribution < 1.29 is 0 Å². The topological polar surface area (TPSA) is 23.8 Å². The molecular formula is C16H13Cl2N. The number of nitriles is 1. The maximum Gasteiger partial charge on any atom is 0.0753 e. The van der Waals surface area contributed by atoms with E-state index < -0.39 is 0 Å². The Morgan fingerprint density at radius 2 is 1.79 bits per heavy atom. The molecule has 0 amide bonds. The third-order valence-corrected chi connectivity index (χ3v) is 3.66. The lowest BCUT2D eigenvalue weighted by Crippen LogP contribution is -2.01. The summed E-state index contributed by atoms with van der Waals surface area (Å²) in [4.78, 5) is 0. The number of halogens is 2. The maximum atomic E-state index is 9.34. The van der Waals surface area contributed by atoms with Gasteiger partial charge in [0, 0.05) is 10.0 Å². The van der Waals surface area contributed by atoms with Gasteiger partial charge in [-0.05, 0) is 36.6 Å². The van der Waals surface area contributed by atoms with Gasteiger partial charge in [0.1, 0.15) is 0 Å². The van der Waals surface area contributed by atoms with Crippen molar-refractivity contribution >= 4 is 23.2 Å². The fraction of sp³-hybridized carbons (Fsp3) is 0.188. The third-order valence-electron chi connectivity index (χ3n) is 3.07. The van der Waals surface area contributed by atoms with Crippen molar-refractivity contribution in [3.05, 3.63) is 69.2 Å². The van der Waals surface area contributed by atoms with E-state index in [-0.39, 0.29) is 5.92 Å². The molecule has 19 heavy (non-hydrogen) atoms. The summed E-state index contributed by atoms with van der Waals surface area (Å²) in [6.45, 7) is 2.03. The fourth-order valence-corrected chi connectivity index (χ4v) is 2.43. The molecule has 0 N–H and O–H groups in total. The van der Waals surface area contributed by atoms with Crippen molar-refractivity contribution in [1.82, 2.24) is 0 Å². The molecule has 3 heteroatoms. The quantitative estimate of drug-likeness (QED) is 0.766. The minimum atomic E-state index is -0.195. The SMILES string of the molecule is Cc1ccc(C(C#N)Cc2ccc(Cl)cc2Cl)cc1. The molecule has 0 aliphatic carbocycles. The minimum Gasteiger partial charge on any atom is -0.198 e. The Morgan fingerprint density at radius 1 is 1.11 bits per heavy atom. The predicted octanol–water partition coefficient (Wildman–Crippen LogP) is 5.15. The van der Waals surface area contributed by atoms with Crippen LogP contribution in [0.2, 0.25) is 10.0 Å². The van der Waals surface area contributed by atoms with Crippen LogP contribution in [-0.2, 0) is 6.42 Å². The Morgan fingerprint density at radius 3 is 2.37 bits per heavy atom. The minimum absolute atomic E-state index is 0.195. The second-order valence-electron chi connectivity index (χ2n) is 4.53. The van der Waals surface area contributed by atoms with Gasteiger partial charge >= 0.3 is 0 Å². The lowest BCUT2D eigenvalue weighted by atomic mass is 9.93. The average Bonchev–Trinajstić information content (AvgIpc) is 2.39. The van der Waals surface area contributed by atoms with Crippen LogP contribution in [0.5, 0.6) is 0 Å². The molecule has 0 bridgehead atoms. The van der Waals surface area contributed by atoms with Crippen LogP contribution in [0.25, 0.3) is 0 Å². The van der Waals surface area contributed by atoms with Crippen molar-refractivity contribution in [2.45, 2.75) is 19.3 Å². The Balaban J connectivity index is 2.24. The summed E-state index contributed by atoms with van der Waals surface area (Å²) < 4.78 is 0. The summed E-state index contributed by atoms with van der Waals surface area (Å²) in [7, 11) is 0. The standard InChI is InChI=1S/C16H13Cl2N/c1-11-2-4-12(5-3-11)14(10-19)8-13-6-7-15(17)9-16(13)18/h2-7,9,14H,8H2,1H3. The molecule has 1 atom stereocenters. The largest absolute Gasteiger partial charge is 0.198 e. The lowest BCUT2D eigenvalue weighted by molar-refractivity contribution is 0.849. The zero-order chi connectivity index (χ0) is 13.8. The van der Waals surface area contributed by atoms with Gasteiger partial charge in [0.25, 0.3) is 0 Å². The van der Waals surface area contributed by atoms with Gasteiger partial charge in [0.2, 0.25) is 0 Å². The molecule has 0 spiro atoms. The molecule has 1 nitrogen and oxygen atoms in total. The summed E-state index contributed by atoms with van der Waals surface area (Å²) in [5.41, 5.74) is 3.14. The number of benzene rings is 2. The molecule has 0 saturated heterocycles. The van der Waals surface area contributed by atoms with Gasteiger partial charge in [-0.3, -0.25) is 0 Å². The van der Waals surface area contributed by atoms with Crippen LogP contribution >= 0.6 is 23.2 Å². The number of hydrogen-bond donors (Lipinski definition) is 0. The van der Waals surface area contributed by atoms with E-state index in [0.717, 1.165) is 11.1 Å². The molecule has 96 valence electrons. The molecule has 0 aliphatic heterocycles. The zero-order valence-electron chi connectivity index (χ0n) is 10.5. The van der Waals surface area contributed by atoms with Crippen LogP contribution < -0.4 is 0 Å². The summed E-state index contributed by atoms with van der Waals surface area (Å²) in [5, 5.41) is 10.6. The first kappa shape index (κ1) is 13.9. The molecule has 0 aromatic heterocycles. The van der Waals surface area contributed by atoms with E-state index in [1.165, 1.54) is 5.56 Å². The first-order valence-corrected chi connectivity index (χ1v) is 6.76. The van der Waals surface area contributed by atoms with Crippen molar-refractivity contribution in [1.29, 1.82) is 5.26 Å². The first-order chi connectivity index (χ1) is 9.10. The van der Waals surface area contributed by atoms with Gasteiger partial charge in [-0.15, -0.1) is 0 Å². The molecule has 0 heterocycles. The third kappa shape index (κ3) is 3.50. The smallest absolute Gasteiger partial charge is 0.0753 e. The van der Waals surface area contributed by atoms with E-state index in [2.05, 4.69) is 6.07 Å². The number of aryl methyl sites for hydroxylation is 1. The molecule has 0 aliphatic rings. The second-order valence-corrected chi connectivity index (χ2v) is 5.38. The Bertz CT molecular complexity index is 612. The van der Waals surface area contributed by atoms with Gasteiger partial charge in [-0.1, -0.05) is 59.1 Å². The highest BCUT2D eigenvalue weighted by molar-refractivity contribution is 6.35. The number of hydrogen-bond acceptors (Lipinski definition) is 1. The monoisotopic (exact) mass is 289 g/mol. The summed E-state index contributed by atoms with van der Waals surface area (Å²) in [6, 6.07) is 15.7. The van der Waals surface area contributed by atoms with Crippen molar-refractivity contribution in [2.24, 2.45) is 0 Å². The van der Waals surface area contributed by atoms with Crippen LogP contribution in [0, 0.1) is 18.3 Å². The van der Waals surface area contributed by atoms with Crippen LogP contribution in [0.4, 0.5) is 0 Å². The van der Waals surface area contributed by atoms with E-state index in [1.807, 2.05) is 37.3 Å². The Labute approximate surface area is 123 Å². The van der Waals surface area contributed by atoms with Crippen LogP contribution in [-0.4, -0.2) is 0 Å². The molecule has 2 aromatic rings. The van der Waals surface area contributed by atoms with E-state index in [0.29, 0.717) is 16.5 Å². The lowest BCUT2D eigenvalue weighted by Gasteiger charge is -2.11. The normalized spacial score (nSPS) is 11.9. The van der Waals surface area contributed by atoms with Crippen molar-refractivity contribution in [2.75, 3.05) is 0 Å². The molecule has 0 radical (unpaired) electrons. The van der Waals surface area contributed by atoms with Crippen LogP contribution in [0.1, 0.15) is 22.6 Å². The molecule has 0 saturated carbocycles. The summed E-state index contributed by atoms with van der Waals surface area (Å²) >= 11 is 12.0. The Hall–Kier alpha value is -1.49. The molecular weight excluding hydrogens is 277 g/mol. The summed E-state index contributed by atoms with van der Waals surface area (Å²) in [5.74, 6) is -0.195. The Kier molecular flexibility index (Phi) is 4.47. The van der Waals surface area contributed by atoms with E-state index in [9.17, 15) is 5.26 Å². The van der Waals surface area contributed by atoms with E-state index in [1.54, 1.807) is 12.1 Å². The van der Waals surface area contributed by atoms with Gasteiger partial charge < -0.3 is 0 Å². The second kappa shape index (κ2) is 6.10. The molecule has 0 fully saturated rings.